The highest BCUT2D eigenvalue weighted by molar-refractivity contribution is 7.89. The maximum Gasteiger partial charge on any atom is 0.243 e. The van der Waals surface area contributed by atoms with Gasteiger partial charge in [0.05, 0.1) is 11.4 Å². The summed E-state index contributed by atoms with van der Waals surface area (Å²) in [5.41, 5.74) is 1.03. The largest absolute Gasteiger partial charge is 0.339 e. The summed E-state index contributed by atoms with van der Waals surface area (Å²) in [6.07, 6.45) is 2.39. The van der Waals surface area contributed by atoms with Crippen molar-refractivity contribution in [3.8, 4) is 0 Å². The van der Waals surface area contributed by atoms with Crippen LogP contribution < -0.4 is 0 Å². The van der Waals surface area contributed by atoms with Crippen molar-refractivity contribution in [2.24, 2.45) is 5.92 Å². The van der Waals surface area contributed by atoms with Crippen molar-refractivity contribution in [2.45, 2.75) is 31.6 Å². The van der Waals surface area contributed by atoms with Gasteiger partial charge in [-0.05, 0) is 44.4 Å². The molecule has 144 valence electrons. The van der Waals surface area contributed by atoms with Gasteiger partial charge in [-0.2, -0.15) is 4.31 Å². The fourth-order valence-corrected chi connectivity index (χ4v) is 5.18. The molecule has 1 atom stereocenters. The van der Waals surface area contributed by atoms with E-state index in [1.165, 1.54) is 10.7 Å². The molecular formula is C19H29N3O3S. The predicted octanol–water partition coefficient (Wildman–Crippen LogP) is 1.56. The number of carbonyl (C=O) groups excluding carboxylic acids is 1. The molecule has 0 N–H and O–H groups in total. The Bertz CT molecular complexity index is 725. The number of likely N-dealkylation sites (tertiary alicyclic amines) is 1. The summed E-state index contributed by atoms with van der Waals surface area (Å²) in [7, 11) is -3.48. The third kappa shape index (κ3) is 4.45. The van der Waals surface area contributed by atoms with E-state index in [-0.39, 0.29) is 5.91 Å². The average molecular weight is 380 g/mol. The van der Waals surface area contributed by atoms with Crippen LogP contribution in [0.1, 0.15) is 25.3 Å². The summed E-state index contributed by atoms with van der Waals surface area (Å²) in [4.78, 5) is 16.9. The van der Waals surface area contributed by atoms with Gasteiger partial charge in [0.1, 0.15) is 0 Å². The van der Waals surface area contributed by atoms with Crippen LogP contribution in [0.3, 0.4) is 0 Å². The molecule has 2 saturated heterocycles. The predicted molar refractivity (Wildman–Crippen MR) is 101 cm³/mol. The molecule has 3 rings (SSSR count). The van der Waals surface area contributed by atoms with Crippen molar-refractivity contribution in [3.05, 3.63) is 29.8 Å². The zero-order valence-electron chi connectivity index (χ0n) is 15.7. The van der Waals surface area contributed by atoms with Crippen LogP contribution in [0, 0.1) is 12.8 Å². The molecular weight excluding hydrogens is 350 g/mol. The molecule has 2 aliphatic heterocycles. The van der Waals surface area contributed by atoms with E-state index in [4.69, 9.17) is 0 Å². The van der Waals surface area contributed by atoms with E-state index in [1.54, 1.807) is 17.0 Å². The van der Waals surface area contributed by atoms with Gasteiger partial charge in [-0.3, -0.25) is 9.69 Å². The molecule has 2 fully saturated rings. The Morgan fingerprint density at radius 1 is 1.08 bits per heavy atom. The van der Waals surface area contributed by atoms with Gasteiger partial charge in [-0.15, -0.1) is 0 Å². The van der Waals surface area contributed by atoms with E-state index >= 15 is 0 Å². The lowest BCUT2D eigenvalue weighted by atomic mass is 10.0. The minimum absolute atomic E-state index is 0.117. The van der Waals surface area contributed by atoms with Crippen molar-refractivity contribution >= 4 is 15.9 Å². The van der Waals surface area contributed by atoms with Crippen LogP contribution >= 0.6 is 0 Å². The van der Waals surface area contributed by atoms with Gasteiger partial charge in [0.25, 0.3) is 0 Å². The van der Waals surface area contributed by atoms with E-state index in [1.807, 2.05) is 19.1 Å². The molecule has 1 aromatic rings. The highest BCUT2D eigenvalue weighted by Crippen LogP contribution is 2.19. The maximum absolute atomic E-state index is 12.7. The Balaban J connectivity index is 1.55. The van der Waals surface area contributed by atoms with Gasteiger partial charge in [-0.1, -0.05) is 24.6 Å². The van der Waals surface area contributed by atoms with Gasteiger partial charge in [0.15, 0.2) is 0 Å². The SMILES string of the molecule is Cc1ccc(S(=O)(=O)N2CCN(C(=O)CN3CCCC(C)C3)CC2)cc1. The molecule has 7 heteroatoms. The van der Waals surface area contributed by atoms with Crippen LogP contribution in [-0.2, 0) is 14.8 Å². The number of aryl methyl sites for hydroxylation is 1. The standard InChI is InChI=1S/C19H29N3O3S/c1-16-5-7-18(8-6-16)26(24,25)22-12-10-21(11-13-22)19(23)15-20-9-3-4-17(2)14-20/h5-8,17H,3-4,9-15H2,1-2H3. The summed E-state index contributed by atoms with van der Waals surface area (Å²) in [6, 6.07) is 6.93. The molecule has 0 aromatic heterocycles. The Morgan fingerprint density at radius 2 is 1.73 bits per heavy atom. The first-order chi connectivity index (χ1) is 12.4. The molecule has 1 amide bonds. The second-order valence-electron chi connectivity index (χ2n) is 7.58. The summed E-state index contributed by atoms with van der Waals surface area (Å²) in [6.45, 7) is 8.23. The fourth-order valence-electron chi connectivity index (χ4n) is 3.76. The lowest BCUT2D eigenvalue weighted by molar-refractivity contribution is -0.134. The number of sulfonamides is 1. The van der Waals surface area contributed by atoms with Crippen molar-refractivity contribution < 1.29 is 13.2 Å². The number of rotatable bonds is 4. The highest BCUT2D eigenvalue weighted by atomic mass is 32.2. The summed E-state index contributed by atoms with van der Waals surface area (Å²) < 4.78 is 27.0. The number of hydrogen-bond acceptors (Lipinski definition) is 4. The van der Waals surface area contributed by atoms with Crippen LogP contribution in [0.4, 0.5) is 0 Å². The Labute approximate surface area is 156 Å². The zero-order chi connectivity index (χ0) is 18.7. The number of nitrogens with zero attached hydrogens (tertiary/aromatic N) is 3. The number of carbonyl (C=O) groups is 1. The van der Waals surface area contributed by atoms with Crippen molar-refractivity contribution in [1.29, 1.82) is 0 Å². The van der Waals surface area contributed by atoms with Crippen LogP contribution in [0.5, 0.6) is 0 Å². The van der Waals surface area contributed by atoms with Gasteiger partial charge in [0, 0.05) is 32.7 Å². The van der Waals surface area contributed by atoms with Crippen molar-refractivity contribution in [3.63, 3.8) is 0 Å². The van der Waals surface area contributed by atoms with E-state index in [9.17, 15) is 13.2 Å². The zero-order valence-corrected chi connectivity index (χ0v) is 16.5. The number of benzene rings is 1. The number of piperidine rings is 1. The molecule has 26 heavy (non-hydrogen) atoms. The lowest BCUT2D eigenvalue weighted by Gasteiger charge is -2.36. The normalized spacial score (nSPS) is 23.2. The molecule has 0 bridgehead atoms. The van der Waals surface area contributed by atoms with Gasteiger partial charge in [-0.25, -0.2) is 8.42 Å². The molecule has 1 unspecified atom stereocenters. The van der Waals surface area contributed by atoms with Crippen LogP contribution in [-0.4, -0.2) is 74.2 Å². The molecule has 2 aliphatic rings. The number of amides is 1. The van der Waals surface area contributed by atoms with Crippen molar-refractivity contribution in [2.75, 3.05) is 45.8 Å². The van der Waals surface area contributed by atoms with Crippen LogP contribution in [0.25, 0.3) is 0 Å². The summed E-state index contributed by atoms with van der Waals surface area (Å²) >= 11 is 0. The minimum atomic E-state index is -3.48. The van der Waals surface area contributed by atoms with Gasteiger partial charge in [0.2, 0.25) is 15.9 Å². The number of hydrogen-bond donors (Lipinski definition) is 0. The summed E-state index contributed by atoms with van der Waals surface area (Å²) in [5, 5.41) is 0. The summed E-state index contributed by atoms with van der Waals surface area (Å²) in [5.74, 6) is 0.763. The number of piperazine rings is 1. The second-order valence-corrected chi connectivity index (χ2v) is 9.52. The maximum atomic E-state index is 12.7. The Hall–Kier alpha value is -1.44. The molecule has 0 radical (unpaired) electrons. The quantitative estimate of drug-likeness (QED) is 0.797. The molecule has 0 spiro atoms. The first kappa shape index (κ1) is 19.3. The third-order valence-electron chi connectivity index (χ3n) is 5.35. The van der Waals surface area contributed by atoms with E-state index in [0.29, 0.717) is 43.5 Å². The Kier molecular flexibility index (Phi) is 5.99. The van der Waals surface area contributed by atoms with E-state index in [0.717, 1.165) is 25.1 Å². The molecule has 2 heterocycles. The topological polar surface area (TPSA) is 60.9 Å². The molecule has 0 aliphatic carbocycles. The van der Waals surface area contributed by atoms with E-state index < -0.39 is 10.0 Å². The first-order valence-corrected chi connectivity index (χ1v) is 10.9. The van der Waals surface area contributed by atoms with Crippen molar-refractivity contribution in [1.82, 2.24) is 14.1 Å². The van der Waals surface area contributed by atoms with Crippen LogP contribution in [0.15, 0.2) is 29.2 Å². The molecule has 0 saturated carbocycles. The second kappa shape index (κ2) is 8.06. The lowest BCUT2D eigenvalue weighted by Crippen LogP contribution is -2.53. The van der Waals surface area contributed by atoms with E-state index in [2.05, 4.69) is 11.8 Å². The van der Waals surface area contributed by atoms with Crippen LogP contribution in [0.2, 0.25) is 0 Å². The monoisotopic (exact) mass is 379 g/mol. The molecule has 6 nitrogen and oxygen atoms in total. The minimum Gasteiger partial charge on any atom is -0.339 e. The van der Waals surface area contributed by atoms with Gasteiger partial charge >= 0.3 is 0 Å². The third-order valence-corrected chi connectivity index (χ3v) is 7.26. The smallest absolute Gasteiger partial charge is 0.243 e. The highest BCUT2D eigenvalue weighted by Gasteiger charge is 2.30. The Morgan fingerprint density at radius 3 is 2.35 bits per heavy atom. The van der Waals surface area contributed by atoms with Gasteiger partial charge < -0.3 is 4.90 Å². The average Bonchev–Trinajstić information content (AvgIpc) is 2.62. The fraction of sp³-hybridized carbons (Fsp3) is 0.632. The first-order valence-electron chi connectivity index (χ1n) is 9.43. The molecule has 1 aromatic carbocycles.